The molecule has 0 saturated carbocycles. The summed E-state index contributed by atoms with van der Waals surface area (Å²) in [7, 11) is 0. The normalized spacial score (nSPS) is 14.0. The second-order valence-corrected chi connectivity index (χ2v) is 7.05. The lowest BCUT2D eigenvalue weighted by atomic mass is 9.99. The molecule has 1 N–H and O–H groups in total. The molecule has 1 atom stereocenters. The minimum atomic E-state index is -0.863. The largest absolute Gasteiger partial charge is 0.336 e. The highest BCUT2D eigenvalue weighted by Crippen LogP contribution is 2.29. The third-order valence-corrected chi connectivity index (χ3v) is 5.12. The van der Waals surface area contributed by atoms with Crippen molar-refractivity contribution in [2.75, 3.05) is 11.4 Å². The van der Waals surface area contributed by atoms with Crippen molar-refractivity contribution in [2.24, 2.45) is 0 Å². The Balaban J connectivity index is 1.67. The molecule has 4 nitrogen and oxygen atoms in total. The van der Waals surface area contributed by atoms with E-state index in [2.05, 4.69) is 5.32 Å². The van der Waals surface area contributed by atoms with E-state index in [1.807, 2.05) is 54.6 Å². The van der Waals surface area contributed by atoms with Gasteiger partial charge in [0.15, 0.2) is 0 Å². The summed E-state index contributed by atoms with van der Waals surface area (Å²) in [6, 6.07) is 21.6. The summed E-state index contributed by atoms with van der Waals surface area (Å²) in [5.74, 6) is -1.18. The van der Waals surface area contributed by atoms with E-state index in [1.54, 1.807) is 4.90 Å². The van der Waals surface area contributed by atoms with Crippen LogP contribution in [0.2, 0.25) is 0 Å². The van der Waals surface area contributed by atoms with Gasteiger partial charge in [0.05, 0.1) is 0 Å². The van der Waals surface area contributed by atoms with E-state index in [0.29, 0.717) is 12.1 Å². The third-order valence-electron chi connectivity index (χ3n) is 5.12. The van der Waals surface area contributed by atoms with Gasteiger partial charge in [-0.25, -0.2) is 4.39 Å². The molecule has 0 saturated heterocycles. The Morgan fingerprint density at radius 2 is 1.69 bits per heavy atom. The van der Waals surface area contributed by atoms with Gasteiger partial charge in [-0.05, 0) is 48.2 Å². The molecule has 4 rings (SSSR count). The van der Waals surface area contributed by atoms with Crippen molar-refractivity contribution < 1.29 is 14.0 Å². The number of anilines is 1. The average Bonchev–Trinajstić information content (AvgIpc) is 2.77. The Labute approximate surface area is 169 Å². The van der Waals surface area contributed by atoms with Gasteiger partial charge < -0.3 is 10.2 Å². The van der Waals surface area contributed by atoms with Crippen LogP contribution in [-0.4, -0.2) is 18.4 Å². The minimum Gasteiger partial charge on any atom is -0.336 e. The molecule has 5 heteroatoms. The van der Waals surface area contributed by atoms with Crippen molar-refractivity contribution in [3.8, 4) is 0 Å². The molecule has 29 heavy (non-hydrogen) atoms. The summed E-state index contributed by atoms with van der Waals surface area (Å²) in [5.41, 5.74) is 2.86. The number of benzene rings is 3. The molecular formula is C24H21FN2O2. The molecule has 1 heterocycles. The molecule has 0 aliphatic carbocycles. The van der Waals surface area contributed by atoms with E-state index in [0.717, 1.165) is 30.2 Å². The first kappa shape index (κ1) is 18.9. The second-order valence-electron chi connectivity index (χ2n) is 7.05. The lowest BCUT2D eigenvalue weighted by Gasteiger charge is -2.32. The van der Waals surface area contributed by atoms with Crippen molar-refractivity contribution >= 4 is 17.5 Å². The molecule has 0 bridgehead atoms. The predicted octanol–water partition coefficient (Wildman–Crippen LogP) is 4.28. The number of hydrogen-bond acceptors (Lipinski definition) is 2. The van der Waals surface area contributed by atoms with E-state index in [4.69, 9.17) is 0 Å². The molecule has 1 aliphatic rings. The fraction of sp³-hybridized carbons (Fsp3) is 0.167. The molecule has 0 fully saturated rings. The van der Waals surface area contributed by atoms with Crippen LogP contribution in [0.3, 0.4) is 0 Å². The van der Waals surface area contributed by atoms with Gasteiger partial charge in [0.2, 0.25) is 0 Å². The highest BCUT2D eigenvalue weighted by molar-refractivity contribution is 6.03. The maximum atomic E-state index is 13.5. The Kier molecular flexibility index (Phi) is 5.38. The number of para-hydroxylation sites is 1. The number of fused-ring (bicyclic) bond motifs is 1. The molecule has 146 valence electrons. The topological polar surface area (TPSA) is 49.4 Å². The number of nitrogens with zero attached hydrogens (tertiary/aromatic N) is 1. The molecule has 3 aromatic rings. The van der Waals surface area contributed by atoms with E-state index in [-0.39, 0.29) is 11.5 Å². The number of rotatable bonds is 4. The molecule has 2 amide bonds. The number of nitrogens with one attached hydrogen (secondary N) is 1. The van der Waals surface area contributed by atoms with Crippen LogP contribution in [0, 0.1) is 5.82 Å². The lowest BCUT2D eigenvalue weighted by molar-refractivity contribution is -0.120. The minimum absolute atomic E-state index is 0.178. The van der Waals surface area contributed by atoms with Gasteiger partial charge in [0.25, 0.3) is 11.8 Å². The SMILES string of the molecule is O=C(N[C@H](C(=O)N1CCCc2ccccc21)c1ccccc1)c1cccc(F)c1. The van der Waals surface area contributed by atoms with Crippen LogP contribution >= 0.6 is 0 Å². The van der Waals surface area contributed by atoms with E-state index in [1.165, 1.54) is 18.2 Å². The summed E-state index contributed by atoms with van der Waals surface area (Å²) >= 11 is 0. The van der Waals surface area contributed by atoms with Crippen molar-refractivity contribution in [1.82, 2.24) is 5.32 Å². The number of carbonyl (C=O) groups is 2. The zero-order valence-corrected chi connectivity index (χ0v) is 15.8. The van der Waals surface area contributed by atoms with Crippen LogP contribution in [0.1, 0.15) is 33.9 Å². The molecule has 0 unspecified atom stereocenters. The van der Waals surface area contributed by atoms with Gasteiger partial charge in [0, 0.05) is 17.8 Å². The lowest BCUT2D eigenvalue weighted by Crippen LogP contribution is -2.45. The highest BCUT2D eigenvalue weighted by atomic mass is 19.1. The van der Waals surface area contributed by atoms with Crippen LogP contribution in [0.25, 0.3) is 0 Å². The van der Waals surface area contributed by atoms with Crippen LogP contribution in [0.5, 0.6) is 0 Å². The van der Waals surface area contributed by atoms with Gasteiger partial charge in [-0.3, -0.25) is 9.59 Å². The summed E-state index contributed by atoms with van der Waals surface area (Å²) in [6.45, 7) is 0.592. The zero-order chi connectivity index (χ0) is 20.2. The van der Waals surface area contributed by atoms with Gasteiger partial charge in [-0.15, -0.1) is 0 Å². The predicted molar refractivity (Wildman–Crippen MR) is 110 cm³/mol. The smallest absolute Gasteiger partial charge is 0.254 e. The summed E-state index contributed by atoms with van der Waals surface area (Å²) in [5, 5.41) is 2.81. The van der Waals surface area contributed by atoms with Crippen molar-refractivity contribution in [3.63, 3.8) is 0 Å². The number of amides is 2. The summed E-state index contributed by atoms with van der Waals surface area (Å²) < 4.78 is 13.5. The number of carbonyl (C=O) groups excluding carboxylic acids is 2. The van der Waals surface area contributed by atoms with Crippen LogP contribution in [-0.2, 0) is 11.2 Å². The number of aryl methyl sites for hydroxylation is 1. The van der Waals surface area contributed by atoms with E-state index in [9.17, 15) is 14.0 Å². The highest BCUT2D eigenvalue weighted by Gasteiger charge is 2.31. The Bertz CT molecular complexity index is 1040. The first-order valence-corrected chi connectivity index (χ1v) is 9.64. The van der Waals surface area contributed by atoms with E-state index < -0.39 is 17.8 Å². The maximum absolute atomic E-state index is 13.5. The van der Waals surface area contributed by atoms with Crippen LogP contribution in [0.4, 0.5) is 10.1 Å². The summed E-state index contributed by atoms with van der Waals surface area (Å²) in [6.07, 6.45) is 1.79. The van der Waals surface area contributed by atoms with E-state index >= 15 is 0 Å². The standard InChI is InChI=1S/C24H21FN2O2/c25-20-13-6-11-19(16-20)23(28)26-22(18-9-2-1-3-10-18)24(29)27-15-7-12-17-8-4-5-14-21(17)27/h1-6,8-11,13-14,16,22H,7,12,15H2,(H,26,28)/t22-/m0/s1. The molecule has 0 spiro atoms. The Morgan fingerprint density at radius 3 is 2.48 bits per heavy atom. The fourth-order valence-corrected chi connectivity index (χ4v) is 3.70. The zero-order valence-electron chi connectivity index (χ0n) is 15.8. The third kappa shape index (κ3) is 4.04. The molecule has 1 aliphatic heterocycles. The van der Waals surface area contributed by atoms with Gasteiger partial charge in [-0.1, -0.05) is 54.6 Å². The van der Waals surface area contributed by atoms with Gasteiger partial charge in [-0.2, -0.15) is 0 Å². The van der Waals surface area contributed by atoms with Gasteiger partial charge >= 0.3 is 0 Å². The molecule has 0 radical (unpaired) electrons. The Hall–Kier alpha value is -3.47. The number of halogens is 1. The van der Waals surface area contributed by atoms with Crippen molar-refractivity contribution in [1.29, 1.82) is 0 Å². The first-order chi connectivity index (χ1) is 14.1. The second kappa shape index (κ2) is 8.27. The van der Waals surface area contributed by atoms with Crippen molar-refractivity contribution in [3.05, 3.63) is 101 Å². The molecule has 0 aromatic heterocycles. The first-order valence-electron chi connectivity index (χ1n) is 9.64. The average molecular weight is 388 g/mol. The fourth-order valence-electron chi connectivity index (χ4n) is 3.70. The Morgan fingerprint density at radius 1 is 0.931 bits per heavy atom. The molecular weight excluding hydrogens is 367 g/mol. The van der Waals surface area contributed by atoms with Crippen LogP contribution in [0.15, 0.2) is 78.9 Å². The summed E-state index contributed by atoms with van der Waals surface area (Å²) in [4.78, 5) is 28.0. The van der Waals surface area contributed by atoms with Crippen LogP contribution < -0.4 is 10.2 Å². The number of hydrogen-bond donors (Lipinski definition) is 1. The van der Waals surface area contributed by atoms with Crippen molar-refractivity contribution in [2.45, 2.75) is 18.9 Å². The van der Waals surface area contributed by atoms with Gasteiger partial charge in [0.1, 0.15) is 11.9 Å². The maximum Gasteiger partial charge on any atom is 0.254 e. The molecule has 3 aromatic carbocycles. The monoisotopic (exact) mass is 388 g/mol. The quantitative estimate of drug-likeness (QED) is 0.725.